The van der Waals surface area contributed by atoms with Crippen molar-refractivity contribution in [1.29, 1.82) is 5.41 Å². The SMILES string of the molecule is CC1CCC1SCCCC(=N)CCCCCC(N)=NCCSC1CCC1C. The molecule has 0 heterocycles. The van der Waals surface area contributed by atoms with E-state index in [1.165, 1.54) is 44.3 Å². The van der Waals surface area contributed by atoms with Crippen molar-refractivity contribution >= 4 is 35.1 Å². The van der Waals surface area contributed by atoms with Gasteiger partial charge in [-0.25, -0.2) is 0 Å². The molecule has 3 N–H and O–H groups in total. The van der Waals surface area contributed by atoms with Crippen LogP contribution in [0.15, 0.2) is 4.99 Å². The average Bonchev–Trinajstić information content (AvgIpc) is 2.64. The Morgan fingerprint density at radius 1 is 0.852 bits per heavy atom. The summed E-state index contributed by atoms with van der Waals surface area (Å²) in [7, 11) is 0. The molecule has 0 aromatic carbocycles. The highest BCUT2D eigenvalue weighted by atomic mass is 32.2. The second-order valence-corrected chi connectivity index (χ2v) is 11.3. The molecule has 5 heteroatoms. The van der Waals surface area contributed by atoms with Gasteiger partial charge in [0.1, 0.15) is 0 Å². The van der Waals surface area contributed by atoms with E-state index in [1.54, 1.807) is 0 Å². The molecule has 2 aliphatic rings. The van der Waals surface area contributed by atoms with E-state index in [0.717, 1.165) is 78.3 Å². The summed E-state index contributed by atoms with van der Waals surface area (Å²) >= 11 is 4.21. The topological polar surface area (TPSA) is 62.2 Å². The van der Waals surface area contributed by atoms with Gasteiger partial charge in [0.15, 0.2) is 0 Å². The number of unbranched alkanes of at least 4 members (excludes halogenated alkanes) is 2. The minimum absolute atomic E-state index is 0.828. The van der Waals surface area contributed by atoms with Crippen LogP contribution in [0.3, 0.4) is 0 Å². The van der Waals surface area contributed by atoms with Crippen LogP contribution in [0.4, 0.5) is 0 Å². The highest BCUT2D eigenvalue weighted by molar-refractivity contribution is 8.00. The fourth-order valence-electron chi connectivity index (χ4n) is 3.71. The monoisotopic (exact) mass is 411 g/mol. The summed E-state index contributed by atoms with van der Waals surface area (Å²) < 4.78 is 0. The van der Waals surface area contributed by atoms with Crippen molar-refractivity contribution in [3.8, 4) is 0 Å². The third kappa shape index (κ3) is 9.25. The fourth-order valence-corrected chi connectivity index (χ4v) is 6.35. The molecule has 0 aromatic heterocycles. The predicted molar refractivity (Wildman–Crippen MR) is 126 cm³/mol. The van der Waals surface area contributed by atoms with Gasteiger partial charge in [0.25, 0.3) is 0 Å². The summed E-state index contributed by atoms with van der Waals surface area (Å²) in [6, 6.07) is 0. The Labute approximate surface area is 176 Å². The first kappa shape index (κ1) is 23.1. The Morgan fingerprint density at radius 2 is 1.44 bits per heavy atom. The maximum Gasteiger partial charge on any atom is 0.0937 e. The first-order valence-corrected chi connectivity index (χ1v) is 13.2. The van der Waals surface area contributed by atoms with Crippen LogP contribution >= 0.6 is 23.5 Å². The molecule has 0 spiro atoms. The minimum atomic E-state index is 0.828. The zero-order valence-electron chi connectivity index (χ0n) is 17.5. The molecule has 0 aliphatic heterocycles. The van der Waals surface area contributed by atoms with Crippen LogP contribution < -0.4 is 5.73 Å². The summed E-state index contributed by atoms with van der Waals surface area (Å²) in [4.78, 5) is 4.52. The summed E-state index contributed by atoms with van der Waals surface area (Å²) in [6.07, 6.45) is 13.1. The van der Waals surface area contributed by atoms with Gasteiger partial charge in [-0.1, -0.05) is 20.3 Å². The van der Waals surface area contributed by atoms with Gasteiger partial charge in [-0.15, -0.1) is 0 Å². The predicted octanol–water partition coefficient (Wildman–Crippen LogP) is 6.16. The lowest BCUT2D eigenvalue weighted by atomic mass is 9.87. The van der Waals surface area contributed by atoms with Crippen LogP contribution in [-0.2, 0) is 0 Å². The molecule has 4 unspecified atom stereocenters. The summed E-state index contributed by atoms with van der Waals surface area (Å²) in [5, 5.41) is 9.90. The maximum atomic E-state index is 8.11. The van der Waals surface area contributed by atoms with Gasteiger partial charge < -0.3 is 11.1 Å². The molecule has 2 fully saturated rings. The fraction of sp³-hybridized carbons (Fsp3) is 0.909. The Kier molecular flexibility index (Phi) is 11.2. The summed E-state index contributed by atoms with van der Waals surface area (Å²) in [5.41, 5.74) is 6.98. The molecule has 3 nitrogen and oxygen atoms in total. The van der Waals surface area contributed by atoms with E-state index in [9.17, 15) is 0 Å². The number of nitrogens with one attached hydrogen (secondary N) is 1. The van der Waals surface area contributed by atoms with E-state index in [-0.39, 0.29) is 0 Å². The zero-order valence-corrected chi connectivity index (χ0v) is 19.2. The normalized spacial score (nSPS) is 27.9. The smallest absolute Gasteiger partial charge is 0.0937 e. The largest absolute Gasteiger partial charge is 0.387 e. The van der Waals surface area contributed by atoms with Crippen molar-refractivity contribution in [2.24, 2.45) is 22.6 Å². The van der Waals surface area contributed by atoms with Crippen molar-refractivity contribution in [2.75, 3.05) is 18.1 Å². The molecule has 2 saturated carbocycles. The second kappa shape index (κ2) is 13.1. The van der Waals surface area contributed by atoms with Crippen LogP contribution in [0.5, 0.6) is 0 Å². The minimum Gasteiger partial charge on any atom is -0.387 e. The number of hydrogen-bond donors (Lipinski definition) is 2. The number of nitrogens with zero attached hydrogens (tertiary/aromatic N) is 1. The lowest BCUT2D eigenvalue weighted by molar-refractivity contribution is 0.362. The second-order valence-electron chi connectivity index (χ2n) is 8.57. The lowest BCUT2D eigenvalue weighted by Crippen LogP contribution is -2.26. The van der Waals surface area contributed by atoms with Gasteiger partial charge in [0.2, 0.25) is 0 Å². The third-order valence-electron chi connectivity index (χ3n) is 6.19. The van der Waals surface area contributed by atoms with Gasteiger partial charge in [0.05, 0.1) is 5.84 Å². The Hall–Kier alpha value is -0.160. The Balaban J connectivity index is 1.36. The van der Waals surface area contributed by atoms with Gasteiger partial charge in [-0.05, 0) is 75.4 Å². The lowest BCUT2D eigenvalue weighted by Gasteiger charge is -2.33. The molecule has 2 rings (SSSR count). The van der Waals surface area contributed by atoms with Crippen LogP contribution in [0, 0.1) is 17.2 Å². The maximum absolute atomic E-state index is 8.11. The highest BCUT2D eigenvalue weighted by Gasteiger charge is 2.27. The Morgan fingerprint density at radius 3 is 2.04 bits per heavy atom. The first-order valence-electron chi connectivity index (χ1n) is 11.1. The van der Waals surface area contributed by atoms with Crippen molar-refractivity contribution in [1.82, 2.24) is 0 Å². The van der Waals surface area contributed by atoms with Crippen LogP contribution in [-0.4, -0.2) is 40.1 Å². The van der Waals surface area contributed by atoms with Crippen molar-refractivity contribution < 1.29 is 0 Å². The number of thioether (sulfide) groups is 2. The molecule has 0 bridgehead atoms. The summed E-state index contributed by atoms with van der Waals surface area (Å²) in [5.74, 6) is 5.01. The molecule has 4 atom stereocenters. The van der Waals surface area contributed by atoms with E-state index >= 15 is 0 Å². The van der Waals surface area contributed by atoms with E-state index < -0.39 is 0 Å². The first-order chi connectivity index (χ1) is 13.1. The van der Waals surface area contributed by atoms with E-state index in [1.807, 2.05) is 0 Å². The standard InChI is InChI=1S/C22H41N3S2/c1-17-10-12-20(17)26-15-6-8-19(23)7-4-3-5-9-22(24)25-14-16-27-21-13-11-18(21)2/h17-18,20-21,23H,3-16H2,1-2H3,(H2,24,25). The van der Waals surface area contributed by atoms with Crippen LogP contribution in [0.25, 0.3) is 0 Å². The molecule has 0 aromatic rings. The van der Waals surface area contributed by atoms with Crippen LogP contribution in [0.2, 0.25) is 0 Å². The number of nitrogens with two attached hydrogens (primary N) is 1. The van der Waals surface area contributed by atoms with Gasteiger partial charge in [-0.3, -0.25) is 4.99 Å². The van der Waals surface area contributed by atoms with Gasteiger partial charge in [0, 0.05) is 34.9 Å². The summed E-state index contributed by atoms with van der Waals surface area (Å²) in [6.45, 7) is 5.60. The van der Waals surface area contributed by atoms with Gasteiger partial charge >= 0.3 is 0 Å². The number of aliphatic imine (C=N–C) groups is 1. The van der Waals surface area contributed by atoms with E-state index in [4.69, 9.17) is 11.1 Å². The zero-order chi connectivity index (χ0) is 19.5. The number of amidine groups is 1. The molecule has 156 valence electrons. The average molecular weight is 412 g/mol. The van der Waals surface area contributed by atoms with Crippen molar-refractivity contribution in [3.05, 3.63) is 0 Å². The third-order valence-corrected chi connectivity index (χ3v) is 9.39. The molecule has 0 saturated heterocycles. The molecular weight excluding hydrogens is 370 g/mol. The van der Waals surface area contributed by atoms with Crippen molar-refractivity contribution in [3.63, 3.8) is 0 Å². The van der Waals surface area contributed by atoms with Crippen molar-refractivity contribution in [2.45, 2.75) is 95.0 Å². The molecular formula is C22H41N3S2. The molecule has 0 amide bonds. The number of rotatable bonds is 15. The highest BCUT2D eigenvalue weighted by Crippen LogP contribution is 2.37. The van der Waals surface area contributed by atoms with Crippen LogP contribution in [0.1, 0.15) is 84.5 Å². The molecule has 27 heavy (non-hydrogen) atoms. The quantitative estimate of drug-likeness (QED) is 0.193. The van der Waals surface area contributed by atoms with E-state index in [2.05, 4.69) is 42.4 Å². The molecule has 0 radical (unpaired) electrons. The molecule has 2 aliphatic carbocycles. The van der Waals surface area contributed by atoms with E-state index in [0.29, 0.717) is 0 Å². The number of hydrogen-bond acceptors (Lipinski definition) is 4. The van der Waals surface area contributed by atoms with Gasteiger partial charge in [-0.2, -0.15) is 23.5 Å². The Bertz CT molecular complexity index is 466.